The molecule has 26 heavy (non-hydrogen) atoms. The van der Waals surface area contributed by atoms with Gasteiger partial charge in [0.25, 0.3) is 0 Å². The van der Waals surface area contributed by atoms with E-state index in [1.807, 2.05) is 6.92 Å². The first-order valence-electron chi connectivity index (χ1n) is 8.07. The van der Waals surface area contributed by atoms with Crippen molar-refractivity contribution < 1.29 is 42.9 Å². The van der Waals surface area contributed by atoms with Crippen LogP contribution in [0.2, 0.25) is 5.32 Å². The summed E-state index contributed by atoms with van der Waals surface area (Å²) in [6.45, 7) is 6.61. The Morgan fingerprint density at radius 3 is 1.77 bits per heavy atom. The molecule has 0 radical (unpaired) electrons. The molecular formula is C16H24O9Se. The Morgan fingerprint density at radius 2 is 1.31 bits per heavy atom. The zero-order chi connectivity index (χ0) is 19.9. The Bertz CT molecular complexity index is 536. The van der Waals surface area contributed by atoms with E-state index in [-0.39, 0.29) is 21.6 Å². The van der Waals surface area contributed by atoms with Crippen LogP contribution in [0, 0.1) is 0 Å². The Hall–Kier alpha value is -1.64. The summed E-state index contributed by atoms with van der Waals surface area (Å²) in [5.41, 5.74) is 0. The van der Waals surface area contributed by atoms with Crippen molar-refractivity contribution in [2.75, 3.05) is 6.61 Å². The van der Waals surface area contributed by atoms with Crippen LogP contribution in [-0.2, 0) is 42.9 Å². The van der Waals surface area contributed by atoms with Crippen molar-refractivity contribution in [3.63, 3.8) is 0 Å². The van der Waals surface area contributed by atoms with Gasteiger partial charge in [0.2, 0.25) is 0 Å². The number of carbonyl (C=O) groups excluding carboxylic acids is 4. The third-order valence-electron chi connectivity index (χ3n) is 3.28. The van der Waals surface area contributed by atoms with Gasteiger partial charge < -0.3 is 0 Å². The second kappa shape index (κ2) is 10.5. The number of ether oxygens (including phenoxy) is 5. The van der Waals surface area contributed by atoms with Gasteiger partial charge in [-0.2, -0.15) is 0 Å². The maximum absolute atomic E-state index is 11.6. The van der Waals surface area contributed by atoms with E-state index in [4.69, 9.17) is 23.7 Å². The Morgan fingerprint density at radius 1 is 0.808 bits per heavy atom. The molecule has 0 saturated carbocycles. The van der Waals surface area contributed by atoms with Gasteiger partial charge in [-0.1, -0.05) is 0 Å². The third-order valence-corrected chi connectivity index (χ3v) is 5.46. The van der Waals surface area contributed by atoms with E-state index >= 15 is 0 Å². The van der Waals surface area contributed by atoms with E-state index in [1.165, 1.54) is 27.7 Å². The second-order valence-corrected chi connectivity index (χ2v) is 8.41. The second-order valence-electron chi connectivity index (χ2n) is 5.52. The molecule has 1 aliphatic heterocycles. The van der Waals surface area contributed by atoms with Gasteiger partial charge in [0.15, 0.2) is 0 Å². The third kappa shape index (κ3) is 6.93. The molecule has 9 nitrogen and oxygen atoms in total. The van der Waals surface area contributed by atoms with Crippen molar-refractivity contribution in [1.82, 2.24) is 0 Å². The van der Waals surface area contributed by atoms with Crippen LogP contribution in [0.4, 0.5) is 0 Å². The molecule has 0 aromatic carbocycles. The fourth-order valence-electron chi connectivity index (χ4n) is 2.49. The minimum atomic E-state index is -1.08. The summed E-state index contributed by atoms with van der Waals surface area (Å²) in [5, 5.41) is 0.217. The van der Waals surface area contributed by atoms with Crippen molar-refractivity contribution in [2.24, 2.45) is 0 Å². The minimum absolute atomic E-state index is 0.117. The normalized spacial score (nSPS) is 28.0. The van der Waals surface area contributed by atoms with Gasteiger partial charge in [-0.3, -0.25) is 0 Å². The van der Waals surface area contributed by atoms with E-state index in [0.717, 1.165) is 5.32 Å². The molecule has 1 rings (SSSR count). The Balaban J connectivity index is 3.22. The first kappa shape index (κ1) is 22.4. The first-order valence-corrected chi connectivity index (χ1v) is 10.3. The van der Waals surface area contributed by atoms with Crippen molar-refractivity contribution in [2.45, 2.75) is 69.4 Å². The van der Waals surface area contributed by atoms with Gasteiger partial charge in [0.1, 0.15) is 0 Å². The van der Waals surface area contributed by atoms with Crippen LogP contribution in [0.1, 0.15) is 34.6 Å². The summed E-state index contributed by atoms with van der Waals surface area (Å²) < 4.78 is 26.8. The Kier molecular flexibility index (Phi) is 9.04. The van der Waals surface area contributed by atoms with E-state index in [0.29, 0.717) is 0 Å². The van der Waals surface area contributed by atoms with E-state index < -0.39 is 53.3 Å². The van der Waals surface area contributed by atoms with Crippen molar-refractivity contribution in [3.8, 4) is 0 Å². The molecule has 148 valence electrons. The van der Waals surface area contributed by atoms with Gasteiger partial charge in [-0.15, -0.1) is 0 Å². The number of carbonyl (C=O) groups is 4. The van der Waals surface area contributed by atoms with E-state index in [9.17, 15) is 19.2 Å². The van der Waals surface area contributed by atoms with Crippen LogP contribution in [0.25, 0.3) is 0 Å². The van der Waals surface area contributed by atoms with Gasteiger partial charge in [0.05, 0.1) is 0 Å². The molecule has 0 unspecified atom stereocenters. The van der Waals surface area contributed by atoms with Crippen LogP contribution in [-0.4, -0.2) is 74.9 Å². The van der Waals surface area contributed by atoms with E-state index in [2.05, 4.69) is 0 Å². The summed E-state index contributed by atoms with van der Waals surface area (Å²) >= 11 is -0.117. The van der Waals surface area contributed by atoms with Gasteiger partial charge in [-0.05, 0) is 0 Å². The fourth-order valence-corrected chi connectivity index (χ4v) is 4.48. The SMILES string of the molecule is CC[Se][C@@H]1O[C@H](COC(C)=O)[C@@H](OC(C)=O)[C@H](OC(C)=O)[C@H]1OC(C)=O. The topological polar surface area (TPSA) is 114 Å². The summed E-state index contributed by atoms with van der Waals surface area (Å²) in [6.07, 6.45) is -3.91. The molecule has 5 atom stereocenters. The molecule has 0 aromatic heterocycles. The van der Waals surface area contributed by atoms with Crippen molar-refractivity contribution in [1.29, 1.82) is 0 Å². The molecule has 0 N–H and O–H groups in total. The van der Waals surface area contributed by atoms with Crippen molar-refractivity contribution in [3.05, 3.63) is 0 Å². The number of rotatable bonds is 7. The number of esters is 4. The molecular weight excluding hydrogens is 415 g/mol. The molecule has 0 bridgehead atoms. The molecule has 0 aliphatic carbocycles. The van der Waals surface area contributed by atoms with Crippen LogP contribution in [0.15, 0.2) is 0 Å². The summed E-state index contributed by atoms with van der Waals surface area (Å²) in [6, 6.07) is 0. The van der Waals surface area contributed by atoms with Crippen LogP contribution in [0.5, 0.6) is 0 Å². The monoisotopic (exact) mass is 440 g/mol. The molecule has 1 aliphatic rings. The number of hydrogen-bond acceptors (Lipinski definition) is 9. The van der Waals surface area contributed by atoms with Crippen LogP contribution in [0.3, 0.4) is 0 Å². The quantitative estimate of drug-likeness (QED) is 0.312. The molecule has 0 spiro atoms. The maximum atomic E-state index is 11.6. The molecule has 0 amide bonds. The predicted octanol–water partition coefficient (Wildman–Crippen LogP) is 0.212. The molecule has 1 heterocycles. The molecule has 10 heteroatoms. The van der Waals surface area contributed by atoms with E-state index in [1.54, 1.807) is 0 Å². The van der Waals surface area contributed by atoms with Gasteiger partial charge in [-0.25, -0.2) is 0 Å². The molecule has 1 fully saturated rings. The van der Waals surface area contributed by atoms with Gasteiger partial charge in [0, 0.05) is 0 Å². The zero-order valence-corrected chi connectivity index (χ0v) is 17.1. The standard InChI is InChI=1S/C16H24O9Se/c1-6-26-16-15(24-11(5)20)14(23-10(4)19)13(22-9(3)18)12(25-16)7-21-8(2)17/h12-16H,6-7H2,1-5H3/t12-,13-,14+,15-,16+/m1/s1. The van der Waals surface area contributed by atoms with Gasteiger partial charge >= 0.3 is 158 Å². The zero-order valence-electron chi connectivity index (χ0n) is 15.4. The van der Waals surface area contributed by atoms with Crippen molar-refractivity contribution >= 4 is 38.8 Å². The fraction of sp³-hybridized carbons (Fsp3) is 0.750. The first-order chi connectivity index (χ1) is 12.1. The molecule has 0 aromatic rings. The summed E-state index contributed by atoms with van der Waals surface area (Å²) in [4.78, 5) is 45.8. The average Bonchev–Trinajstić information content (AvgIpc) is 2.50. The number of hydrogen-bond donors (Lipinski definition) is 0. The average molecular weight is 439 g/mol. The summed E-state index contributed by atoms with van der Waals surface area (Å²) in [5.74, 6) is -2.36. The Labute approximate surface area is 158 Å². The summed E-state index contributed by atoms with van der Waals surface area (Å²) in [7, 11) is 0. The predicted molar refractivity (Wildman–Crippen MR) is 88.2 cm³/mol. The van der Waals surface area contributed by atoms with Crippen LogP contribution < -0.4 is 0 Å². The van der Waals surface area contributed by atoms with Crippen LogP contribution >= 0.6 is 0 Å². The molecule has 1 saturated heterocycles.